The Morgan fingerprint density at radius 3 is 2.50 bits per heavy atom. The number of carbonyl (C=O) groups is 1. The zero-order chi connectivity index (χ0) is 12.1. The lowest BCUT2D eigenvalue weighted by molar-refractivity contribution is -0.151. The Kier molecular flexibility index (Phi) is 6.35. The molecule has 1 N–H and O–H groups in total. The van der Waals surface area contributed by atoms with Gasteiger partial charge in [-0.05, 0) is 25.9 Å². The largest absolute Gasteiger partial charge is 0.384 e. The van der Waals surface area contributed by atoms with Gasteiger partial charge in [-0.3, -0.25) is 4.79 Å². The van der Waals surface area contributed by atoms with Crippen molar-refractivity contribution in [2.45, 2.75) is 12.8 Å². The second-order valence-electron chi connectivity index (χ2n) is 4.87. The molecule has 0 aromatic heterocycles. The molecule has 2 rings (SSSR count). The van der Waals surface area contributed by atoms with Gasteiger partial charge in [0.25, 0.3) is 0 Å². The number of ether oxygens (including phenoxy) is 2. The van der Waals surface area contributed by atoms with Crippen molar-refractivity contribution in [2.24, 2.45) is 5.41 Å². The van der Waals surface area contributed by atoms with E-state index in [2.05, 4.69) is 5.32 Å². The van der Waals surface area contributed by atoms with Crippen LogP contribution in [0, 0.1) is 5.41 Å². The second-order valence-corrected chi connectivity index (χ2v) is 4.87. The van der Waals surface area contributed by atoms with E-state index < -0.39 is 0 Å². The van der Waals surface area contributed by atoms with Gasteiger partial charge in [0.05, 0.1) is 25.2 Å². The number of amides is 1. The molecule has 2 fully saturated rings. The highest BCUT2D eigenvalue weighted by molar-refractivity contribution is 5.85. The predicted octanol–water partition coefficient (Wildman–Crippen LogP) is 0.283. The van der Waals surface area contributed by atoms with Gasteiger partial charge >= 0.3 is 0 Å². The minimum Gasteiger partial charge on any atom is -0.384 e. The maximum absolute atomic E-state index is 12.6. The first-order valence-corrected chi connectivity index (χ1v) is 6.35. The fourth-order valence-corrected chi connectivity index (χ4v) is 2.70. The molecule has 2 saturated heterocycles. The third kappa shape index (κ3) is 3.35. The monoisotopic (exact) mass is 278 g/mol. The first-order valence-electron chi connectivity index (χ1n) is 6.35. The zero-order valence-electron chi connectivity index (χ0n) is 10.9. The summed E-state index contributed by atoms with van der Waals surface area (Å²) in [5.74, 6) is 0.254. The van der Waals surface area contributed by atoms with Crippen LogP contribution in [0.4, 0.5) is 0 Å². The Morgan fingerprint density at radius 1 is 1.33 bits per heavy atom. The Balaban J connectivity index is 0.00000162. The topological polar surface area (TPSA) is 50.8 Å². The van der Waals surface area contributed by atoms with Crippen molar-refractivity contribution in [3.05, 3.63) is 0 Å². The molecule has 0 unspecified atom stereocenters. The van der Waals surface area contributed by atoms with Gasteiger partial charge < -0.3 is 19.7 Å². The van der Waals surface area contributed by atoms with Crippen LogP contribution in [0.3, 0.4) is 0 Å². The summed E-state index contributed by atoms with van der Waals surface area (Å²) in [6.07, 6.45) is 1.74. The maximum Gasteiger partial charge on any atom is 0.231 e. The molecule has 0 aromatic rings. The summed E-state index contributed by atoms with van der Waals surface area (Å²) in [7, 11) is 1.68. The number of morpholine rings is 1. The number of halogens is 1. The number of methoxy groups -OCH3 is 1. The molecule has 2 aliphatic rings. The van der Waals surface area contributed by atoms with E-state index >= 15 is 0 Å². The fourth-order valence-electron chi connectivity index (χ4n) is 2.70. The number of piperidine rings is 1. The number of hydrogen-bond donors (Lipinski definition) is 1. The van der Waals surface area contributed by atoms with Crippen LogP contribution in [-0.2, 0) is 14.3 Å². The Morgan fingerprint density at radius 2 is 1.94 bits per heavy atom. The molecule has 6 heteroatoms. The SMILES string of the molecule is COCC1(C(=O)N2CCOCC2)CCNCC1.Cl. The van der Waals surface area contributed by atoms with E-state index in [9.17, 15) is 4.79 Å². The Labute approximate surface area is 115 Å². The number of carbonyl (C=O) groups excluding carboxylic acids is 1. The van der Waals surface area contributed by atoms with Crippen molar-refractivity contribution >= 4 is 18.3 Å². The second kappa shape index (κ2) is 7.28. The van der Waals surface area contributed by atoms with E-state index in [1.54, 1.807) is 7.11 Å². The van der Waals surface area contributed by atoms with Gasteiger partial charge in [0.15, 0.2) is 0 Å². The molecule has 0 spiro atoms. The molecule has 0 aromatic carbocycles. The summed E-state index contributed by atoms with van der Waals surface area (Å²) in [5.41, 5.74) is -0.308. The Bertz CT molecular complexity index is 259. The van der Waals surface area contributed by atoms with Crippen LogP contribution < -0.4 is 5.32 Å². The number of rotatable bonds is 3. The molecule has 18 heavy (non-hydrogen) atoms. The molecule has 106 valence electrons. The number of nitrogens with one attached hydrogen (secondary N) is 1. The van der Waals surface area contributed by atoms with Crippen molar-refractivity contribution in [3.8, 4) is 0 Å². The standard InChI is InChI=1S/C12H22N2O3.ClH/c1-16-10-12(2-4-13-5-3-12)11(15)14-6-8-17-9-7-14;/h13H,2-10H2,1H3;1H. The first kappa shape index (κ1) is 15.7. The molecule has 0 atom stereocenters. The fraction of sp³-hybridized carbons (Fsp3) is 0.917. The highest BCUT2D eigenvalue weighted by Gasteiger charge is 2.42. The van der Waals surface area contributed by atoms with Crippen LogP contribution in [0.5, 0.6) is 0 Å². The predicted molar refractivity (Wildman–Crippen MR) is 71.1 cm³/mol. The van der Waals surface area contributed by atoms with Gasteiger partial charge in [0, 0.05) is 20.2 Å². The van der Waals surface area contributed by atoms with Crippen molar-refractivity contribution in [1.29, 1.82) is 0 Å². The van der Waals surface area contributed by atoms with Crippen LogP contribution in [0.1, 0.15) is 12.8 Å². The smallest absolute Gasteiger partial charge is 0.231 e. The number of hydrogen-bond acceptors (Lipinski definition) is 4. The summed E-state index contributed by atoms with van der Waals surface area (Å²) in [6.45, 7) is 5.10. The van der Waals surface area contributed by atoms with Gasteiger partial charge in [-0.1, -0.05) is 0 Å². The summed E-state index contributed by atoms with van der Waals surface area (Å²) in [5, 5.41) is 3.30. The molecule has 0 bridgehead atoms. The Hall–Kier alpha value is -0.360. The summed E-state index contributed by atoms with van der Waals surface area (Å²) in [6, 6.07) is 0. The van der Waals surface area contributed by atoms with Crippen LogP contribution >= 0.6 is 12.4 Å². The molecule has 2 aliphatic heterocycles. The highest BCUT2D eigenvalue weighted by atomic mass is 35.5. The summed E-state index contributed by atoms with van der Waals surface area (Å²) >= 11 is 0. The lowest BCUT2D eigenvalue weighted by atomic mass is 9.78. The van der Waals surface area contributed by atoms with E-state index in [-0.39, 0.29) is 23.7 Å². The van der Waals surface area contributed by atoms with E-state index in [1.165, 1.54) is 0 Å². The van der Waals surface area contributed by atoms with Crippen LogP contribution in [0.15, 0.2) is 0 Å². The molecule has 1 amide bonds. The molecule has 0 saturated carbocycles. The van der Waals surface area contributed by atoms with E-state index in [0.29, 0.717) is 19.8 Å². The minimum atomic E-state index is -0.308. The van der Waals surface area contributed by atoms with Gasteiger partial charge in [0.2, 0.25) is 5.91 Å². The summed E-state index contributed by atoms with van der Waals surface area (Å²) in [4.78, 5) is 14.6. The van der Waals surface area contributed by atoms with Crippen molar-refractivity contribution in [1.82, 2.24) is 10.2 Å². The first-order chi connectivity index (χ1) is 8.28. The molecule has 0 radical (unpaired) electrons. The van der Waals surface area contributed by atoms with Crippen molar-refractivity contribution < 1.29 is 14.3 Å². The van der Waals surface area contributed by atoms with Crippen LogP contribution in [0.2, 0.25) is 0 Å². The molecule has 2 heterocycles. The maximum atomic E-state index is 12.6. The third-order valence-electron chi connectivity index (χ3n) is 3.73. The van der Waals surface area contributed by atoms with E-state index in [4.69, 9.17) is 9.47 Å². The third-order valence-corrected chi connectivity index (χ3v) is 3.73. The quantitative estimate of drug-likeness (QED) is 0.806. The lowest BCUT2D eigenvalue weighted by Gasteiger charge is -2.40. The summed E-state index contributed by atoms with van der Waals surface area (Å²) < 4.78 is 10.6. The van der Waals surface area contributed by atoms with E-state index in [1.807, 2.05) is 4.90 Å². The molecule has 0 aliphatic carbocycles. The molecular formula is C12H23ClN2O3. The van der Waals surface area contributed by atoms with Crippen LogP contribution in [0.25, 0.3) is 0 Å². The zero-order valence-corrected chi connectivity index (χ0v) is 11.8. The average molecular weight is 279 g/mol. The molecular weight excluding hydrogens is 256 g/mol. The van der Waals surface area contributed by atoms with Gasteiger partial charge in [-0.2, -0.15) is 0 Å². The van der Waals surface area contributed by atoms with Crippen LogP contribution in [-0.4, -0.2) is 63.9 Å². The highest BCUT2D eigenvalue weighted by Crippen LogP contribution is 2.31. The van der Waals surface area contributed by atoms with E-state index in [0.717, 1.165) is 39.0 Å². The number of nitrogens with zero attached hydrogens (tertiary/aromatic N) is 1. The van der Waals surface area contributed by atoms with Gasteiger partial charge in [-0.25, -0.2) is 0 Å². The average Bonchev–Trinajstić information content (AvgIpc) is 2.40. The lowest BCUT2D eigenvalue weighted by Crippen LogP contribution is -2.54. The molecule has 5 nitrogen and oxygen atoms in total. The van der Waals surface area contributed by atoms with Crippen molar-refractivity contribution in [2.75, 3.05) is 53.1 Å². The van der Waals surface area contributed by atoms with Gasteiger partial charge in [-0.15, -0.1) is 12.4 Å². The van der Waals surface area contributed by atoms with Crippen molar-refractivity contribution in [3.63, 3.8) is 0 Å². The van der Waals surface area contributed by atoms with Gasteiger partial charge in [0.1, 0.15) is 0 Å². The minimum absolute atomic E-state index is 0. The normalized spacial score (nSPS) is 23.3.